The molecule has 3 aromatic rings. The standard InChI is InChI=1S/C21H20FN2OS/c1-4-24-17-13-15(22)9-11-19(17)26-21(24)7-5-6-20-23(3)16-12-14(2)8-10-18(16)25-20/h5-13H,4H2,1-3H3/q+1. The summed E-state index contributed by atoms with van der Waals surface area (Å²) in [6.07, 6.45) is 5.99. The normalized spacial score (nSPS) is 15.2. The van der Waals surface area contributed by atoms with Gasteiger partial charge in [-0.05, 0) is 55.8 Å². The molecule has 3 nitrogen and oxygen atoms in total. The topological polar surface area (TPSA) is 16.4 Å². The number of fused-ring (bicyclic) bond motifs is 2. The second-order valence-electron chi connectivity index (χ2n) is 6.29. The molecule has 0 bridgehead atoms. The second kappa shape index (κ2) is 6.57. The Balaban J connectivity index is 1.63. The largest absolute Gasteiger partial charge is 0.439 e. The number of aryl methyl sites for hydroxylation is 2. The SMILES string of the molecule is CC[n+]1c(/C=C/C=C2\Oc3ccc(C)cc3N2C)sc2ccc(F)cc21. The molecule has 0 spiro atoms. The highest BCUT2D eigenvalue weighted by Crippen LogP contribution is 2.38. The number of aromatic nitrogens is 1. The Morgan fingerprint density at radius 3 is 2.88 bits per heavy atom. The van der Waals surface area contributed by atoms with Crippen LogP contribution >= 0.6 is 11.3 Å². The molecular formula is C21H20FN2OS+. The zero-order valence-corrected chi connectivity index (χ0v) is 15.8. The Kier molecular flexibility index (Phi) is 4.24. The number of rotatable bonds is 3. The van der Waals surface area contributed by atoms with Crippen LogP contribution in [-0.2, 0) is 6.54 Å². The molecule has 0 radical (unpaired) electrons. The summed E-state index contributed by atoms with van der Waals surface area (Å²) in [6.45, 7) is 4.93. The van der Waals surface area contributed by atoms with Crippen molar-refractivity contribution in [2.24, 2.45) is 0 Å². The van der Waals surface area contributed by atoms with Crippen molar-refractivity contribution in [2.45, 2.75) is 20.4 Å². The van der Waals surface area contributed by atoms with Crippen molar-refractivity contribution in [1.29, 1.82) is 0 Å². The highest BCUT2D eigenvalue weighted by Gasteiger charge is 2.22. The molecular weight excluding hydrogens is 347 g/mol. The lowest BCUT2D eigenvalue weighted by atomic mass is 10.2. The van der Waals surface area contributed by atoms with Gasteiger partial charge >= 0.3 is 0 Å². The maximum absolute atomic E-state index is 13.6. The predicted molar refractivity (Wildman–Crippen MR) is 105 cm³/mol. The zero-order chi connectivity index (χ0) is 18.3. The fraction of sp³-hybridized carbons (Fsp3) is 0.190. The Hall–Kier alpha value is -2.66. The molecule has 0 N–H and O–H groups in total. The molecule has 0 unspecified atom stereocenters. The Labute approximate surface area is 156 Å². The third-order valence-corrected chi connectivity index (χ3v) is 5.64. The minimum absolute atomic E-state index is 0.204. The molecule has 0 saturated carbocycles. The van der Waals surface area contributed by atoms with E-state index in [1.807, 2.05) is 48.4 Å². The number of thiazole rings is 1. The van der Waals surface area contributed by atoms with Crippen molar-refractivity contribution in [3.8, 4) is 5.75 Å². The smallest absolute Gasteiger partial charge is 0.262 e. The van der Waals surface area contributed by atoms with Crippen LogP contribution in [0.2, 0.25) is 0 Å². The van der Waals surface area contributed by atoms with Gasteiger partial charge in [-0.25, -0.2) is 4.39 Å². The quantitative estimate of drug-likeness (QED) is 0.603. The van der Waals surface area contributed by atoms with Gasteiger partial charge < -0.3 is 9.64 Å². The minimum atomic E-state index is -0.204. The number of nitrogens with zero attached hydrogens (tertiary/aromatic N) is 2. The van der Waals surface area contributed by atoms with Crippen LogP contribution in [0.3, 0.4) is 0 Å². The van der Waals surface area contributed by atoms with Crippen LogP contribution in [0.15, 0.2) is 54.4 Å². The van der Waals surface area contributed by atoms with Crippen molar-refractivity contribution in [1.82, 2.24) is 0 Å². The molecule has 26 heavy (non-hydrogen) atoms. The summed E-state index contributed by atoms with van der Waals surface area (Å²) in [7, 11) is 2.00. The summed E-state index contributed by atoms with van der Waals surface area (Å²) >= 11 is 1.66. The summed E-state index contributed by atoms with van der Waals surface area (Å²) in [4.78, 5) is 2.04. The summed E-state index contributed by atoms with van der Waals surface area (Å²) in [5.74, 6) is 1.46. The van der Waals surface area contributed by atoms with E-state index in [0.29, 0.717) is 0 Å². The monoisotopic (exact) mass is 367 g/mol. The van der Waals surface area contributed by atoms with E-state index in [9.17, 15) is 4.39 Å². The first kappa shape index (κ1) is 16.8. The molecule has 5 heteroatoms. The first-order chi connectivity index (χ1) is 12.6. The van der Waals surface area contributed by atoms with E-state index in [1.54, 1.807) is 17.4 Å². The number of benzene rings is 2. The van der Waals surface area contributed by atoms with Crippen LogP contribution in [0.1, 0.15) is 17.5 Å². The van der Waals surface area contributed by atoms with Gasteiger partial charge in [-0.1, -0.05) is 17.4 Å². The van der Waals surface area contributed by atoms with Gasteiger partial charge in [0.2, 0.25) is 5.52 Å². The van der Waals surface area contributed by atoms with E-state index in [2.05, 4.69) is 24.5 Å². The lowest BCUT2D eigenvalue weighted by Crippen LogP contribution is -2.33. The summed E-state index contributed by atoms with van der Waals surface area (Å²) in [6, 6.07) is 11.1. The van der Waals surface area contributed by atoms with Crippen molar-refractivity contribution >= 4 is 33.3 Å². The van der Waals surface area contributed by atoms with E-state index in [0.717, 1.165) is 39.1 Å². The highest BCUT2D eigenvalue weighted by atomic mass is 32.1. The van der Waals surface area contributed by atoms with Crippen LogP contribution in [-0.4, -0.2) is 7.05 Å². The minimum Gasteiger partial charge on any atom is -0.439 e. The summed E-state index contributed by atoms with van der Waals surface area (Å²) < 4.78 is 22.7. The molecule has 1 aromatic heterocycles. The molecule has 0 fully saturated rings. The van der Waals surface area contributed by atoms with Gasteiger partial charge in [0, 0.05) is 19.2 Å². The third kappa shape index (κ3) is 2.88. The molecule has 2 heterocycles. The van der Waals surface area contributed by atoms with Crippen LogP contribution in [0, 0.1) is 12.7 Å². The Morgan fingerprint density at radius 1 is 1.23 bits per heavy atom. The molecule has 0 aliphatic carbocycles. The van der Waals surface area contributed by atoms with E-state index in [-0.39, 0.29) is 5.82 Å². The number of allylic oxidation sites excluding steroid dienone is 2. The molecule has 0 saturated heterocycles. The van der Waals surface area contributed by atoms with Crippen molar-refractivity contribution in [3.63, 3.8) is 0 Å². The van der Waals surface area contributed by atoms with E-state index < -0.39 is 0 Å². The molecule has 2 aromatic carbocycles. The number of anilines is 1. The number of hydrogen-bond donors (Lipinski definition) is 0. The highest BCUT2D eigenvalue weighted by molar-refractivity contribution is 7.18. The molecule has 132 valence electrons. The van der Waals surface area contributed by atoms with Gasteiger partial charge in [-0.15, -0.1) is 0 Å². The Bertz CT molecular complexity index is 1050. The second-order valence-corrected chi connectivity index (χ2v) is 7.36. The summed E-state index contributed by atoms with van der Waals surface area (Å²) in [5, 5.41) is 1.08. The maximum atomic E-state index is 13.6. The first-order valence-corrected chi connectivity index (χ1v) is 9.41. The van der Waals surface area contributed by atoms with Gasteiger partial charge in [0.05, 0.1) is 5.69 Å². The van der Waals surface area contributed by atoms with Gasteiger partial charge in [-0.2, -0.15) is 4.57 Å². The lowest BCUT2D eigenvalue weighted by molar-refractivity contribution is -0.665. The van der Waals surface area contributed by atoms with E-state index in [1.165, 1.54) is 11.6 Å². The molecule has 4 rings (SSSR count). The fourth-order valence-electron chi connectivity index (χ4n) is 3.16. The van der Waals surface area contributed by atoms with Gasteiger partial charge in [-0.3, -0.25) is 0 Å². The molecule has 1 aliphatic heterocycles. The van der Waals surface area contributed by atoms with E-state index in [4.69, 9.17) is 4.74 Å². The van der Waals surface area contributed by atoms with Crippen LogP contribution in [0.25, 0.3) is 16.3 Å². The summed E-state index contributed by atoms with van der Waals surface area (Å²) in [5.41, 5.74) is 3.21. The van der Waals surface area contributed by atoms with Gasteiger partial charge in [0.1, 0.15) is 17.1 Å². The Morgan fingerprint density at radius 2 is 2.08 bits per heavy atom. The van der Waals surface area contributed by atoms with Gasteiger partial charge in [0.15, 0.2) is 11.6 Å². The molecule has 0 amide bonds. The molecule has 1 aliphatic rings. The van der Waals surface area contributed by atoms with Gasteiger partial charge in [0.25, 0.3) is 5.01 Å². The average molecular weight is 367 g/mol. The number of ether oxygens (including phenoxy) is 1. The maximum Gasteiger partial charge on any atom is 0.262 e. The predicted octanol–water partition coefficient (Wildman–Crippen LogP) is 5.04. The average Bonchev–Trinajstić information content (AvgIpc) is 3.12. The number of halogens is 1. The third-order valence-electron chi connectivity index (χ3n) is 4.51. The van der Waals surface area contributed by atoms with Crippen LogP contribution < -0.4 is 14.2 Å². The molecule has 0 atom stereocenters. The zero-order valence-electron chi connectivity index (χ0n) is 15.0. The van der Waals surface area contributed by atoms with Crippen molar-refractivity contribution < 1.29 is 13.7 Å². The first-order valence-electron chi connectivity index (χ1n) is 8.59. The van der Waals surface area contributed by atoms with Crippen molar-refractivity contribution in [3.05, 3.63) is 70.8 Å². The number of hydrogen-bond acceptors (Lipinski definition) is 3. The fourth-order valence-corrected chi connectivity index (χ4v) is 4.28. The van der Waals surface area contributed by atoms with Crippen LogP contribution in [0.4, 0.5) is 10.1 Å². The van der Waals surface area contributed by atoms with Crippen molar-refractivity contribution in [2.75, 3.05) is 11.9 Å². The lowest BCUT2D eigenvalue weighted by Gasteiger charge is -2.10. The van der Waals surface area contributed by atoms with E-state index >= 15 is 0 Å². The van der Waals surface area contributed by atoms with Crippen LogP contribution in [0.5, 0.6) is 5.75 Å².